The predicted octanol–water partition coefficient (Wildman–Crippen LogP) is 2.08. The normalized spacial score (nSPS) is 23.7. The number of aliphatic hydroxyl groups is 3. The maximum atomic E-state index is 12.5. The molecule has 0 amide bonds. The van der Waals surface area contributed by atoms with Gasteiger partial charge >= 0.3 is 11.9 Å². The molecule has 3 aliphatic rings. The van der Waals surface area contributed by atoms with Crippen LogP contribution in [0.5, 0.6) is 40.2 Å². The van der Waals surface area contributed by atoms with E-state index in [1.165, 1.54) is 62.8 Å². The number of phenolic OH excluding ortho intramolecular Hbond substituents is 3. The highest BCUT2D eigenvalue weighted by atomic mass is 16.7. The van der Waals surface area contributed by atoms with E-state index in [9.17, 15) is 45.3 Å². The van der Waals surface area contributed by atoms with Gasteiger partial charge in [-0.25, -0.2) is 4.79 Å². The van der Waals surface area contributed by atoms with Crippen molar-refractivity contribution in [3.05, 3.63) is 88.9 Å². The minimum absolute atomic E-state index is 0.0296. The third-order valence-corrected chi connectivity index (χ3v) is 8.20. The number of carboxylic acid groups (broad SMARTS) is 1. The van der Waals surface area contributed by atoms with Crippen LogP contribution in [0.2, 0.25) is 0 Å². The van der Waals surface area contributed by atoms with Crippen LogP contribution in [0.25, 0.3) is 11.6 Å². The Morgan fingerprint density at radius 1 is 0.902 bits per heavy atom. The lowest BCUT2D eigenvalue weighted by Crippen LogP contribution is -2.59. The Morgan fingerprint density at radius 2 is 1.57 bits per heavy atom. The number of aliphatic hydroxyl groups excluding tert-OH is 4. The van der Waals surface area contributed by atoms with E-state index >= 15 is 0 Å². The van der Waals surface area contributed by atoms with Gasteiger partial charge in [-0.3, -0.25) is 0 Å². The van der Waals surface area contributed by atoms with Crippen molar-refractivity contribution in [1.29, 1.82) is 0 Å². The van der Waals surface area contributed by atoms with Crippen molar-refractivity contribution in [1.82, 2.24) is 0 Å². The smallest absolute Gasteiger partial charge is 0.508 e. The lowest BCUT2D eigenvalue weighted by atomic mass is 9.91. The number of esters is 1. The number of phenols is 3. The Balaban J connectivity index is 1.36. The average Bonchev–Trinajstić information content (AvgIpc) is 3.11. The summed E-state index contributed by atoms with van der Waals surface area (Å²) in [7, 11) is 2.61. The van der Waals surface area contributed by atoms with Gasteiger partial charge in [0.2, 0.25) is 12.0 Å². The summed E-state index contributed by atoms with van der Waals surface area (Å²) in [5.41, 5.74) is 1.11. The van der Waals surface area contributed by atoms with Gasteiger partial charge in [0, 0.05) is 35.4 Å². The van der Waals surface area contributed by atoms with Crippen LogP contribution in [0.15, 0.2) is 72.2 Å². The molecule has 268 valence electrons. The molecule has 51 heavy (non-hydrogen) atoms. The molecule has 2 unspecified atom stereocenters. The van der Waals surface area contributed by atoms with Gasteiger partial charge in [0.25, 0.3) is 5.76 Å². The number of carbonyl (C=O) groups is 1. The van der Waals surface area contributed by atoms with Gasteiger partial charge in [-0.05, 0) is 35.9 Å². The highest BCUT2D eigenvalue weighted by Gasteiger charge is 2.48. The van der Waals surface area contributed by atoms with E-state index in [0.29, 0.717) is 5.56 Å². The summed E-state index contributed by atoms with van der Waals surface area (Å²) in [4.78, 5) is 22.4. The zero-order chi connectivity index (χ0) is 36.6. The van der Waals surface area contributed by atoms with Crippen LogP contribution in [0, 0.1) is 0 Å². The molecule has 1 saturated heterocycles. The summed E-state index contributed by atoms with van der Waals surface area (Å²) >= 11 is 0. The van der Waals surface area contributed by atoms with E-state index in [2.05, 4.69) is 0 Å². The number of ether oxygens (including phenoxy) is 7. The molecular weight excluding hydrogens is 676 g/mol. The van der Waals surface area contributed by atoms with Crippen LogP contribution >= 0.6 is 0 Å². The summed E-state index contributed by atoms with van der Waals surface area (Å²) in [6.45, 7) is -0.584. The number of aromatic hydroxyl groups is 3. The number of aliphatic carboxylic acids is 1. The van der Waals surface area contributed by atoms with Crippen molar-refractivity contribution in [2.24, 2.45) is 0 Å². The van der Waals surface area contributed by atoms with Crippen LogP contribution in [0.4, 0.5) is 0 Å². The van der Waals surface area contributed by atoms with E-state index in [4.69, 9.17) is 33.2 Å². The third-order valence-electron chi connectivity index (χ3n) is 8.20. The molecular formula is C35H33O16+. The van der Waals surface area contributed by atoms with Gasteiger partial charge < -0.3 is 73.7 Å². The summed E-state index contributed by atoms with van der Waals surface area (Å²) < 4.78 is 39.8. The topological polar surface area (TPSA) is 245 Å². The minimum Gasteiger partial charge on any atom is -0.508 e. The SMILES string of the molecule is COc1cc(C2Oc3cc(O)cc4c3C(=C2OC2O[C@H](COC(=O)/C=C/c3ccc(O)cc3)[C@@H](O)[C@H](O)[C@H]2O)C=C(C(O)=[OH+])O4)cc(OC)c1O. The Hall–Kier alpha value is -5.94. The van der Waals surface area contributed by atoms with E-state index < -0.39 is 61.1 Å². The predicted molar refractivity (Wildman–Crippen MR) is 174 cm³/mol. The molecule has 1 fully saturated rings. The molecule has 8 N–H and O–H groups in total. The van der Waals surface area contributed by atoms with Gasteiger partial charge in [-0.1, -0.05) is 12.1 Å². The number of hydrogen-bond acceptors (Lipinski definition) is 14. The van der Waals surface area contributed by atoms with Crippen molar-refractivity contribution in [3.8, 4) is 40.2 Å². The largest absolute Gasteiger partial charge is 0.552 e. The van der Waals surface area contributed by atoms with Crippen LogP contribution in [-0.2, 0) is 19.0 Å². The lowest BCUT2D eigenvalue weighted by Gasteiger charge is -2.42. The number of carboxylic acids is 1. The summed E-state index contributed by atoms with van der Waals surface area (Å²) in [5.74, 6) is -3.32. The minimum atomic E-state index is -1.89. The summed E-state index contributed by atoms with van der Waals surface area (Å²) in [6.07, 6.45) is -6.26. The number of allylic oxidation sites excluding steroid dienone is 2. The zero-order valence-corrected chi connectivity index (χ0v) is 26.9. The maximum absolute atomic E-state index is 12.5. The van der Waals surface area contributed by atoms with Crippen molar-refractivity contribution in [2.45, 2.75) is 36.8 Å². The monoisotopic (exact) mass is 709 g/mol. The van der Waals surface area contributed by atoms with E-state index in [1.807, 2.05) is 0 Å². The molecule has 16 heteroatoms. The maximum Gasteiger partial charge on any atom is 0.552 e. The zero-order valence-electron chi connectivity index (χ0n) is 26.9. The standard InChI is InChI=1S/C35H32O16/c1-45-22-9-16(10-23(46-2)28(22)39)32-33(19-13-24(34(43)44)48-20-11-18(37)12-21(49-32)27(19)20)51-35-31(42)30(41)29(40)25(50-35)14-47-26(38)8-5-15-3-6-17(36)7-4-15/h3-13,25,29-32,35-37,39-42H,14H2,1-2H3,(H,43,44)/p+1/b8-5+/t25-,29-,30+,31-,32?,35?/m1/s1. The first-order chi connectivity index (χ1) is 24.4. The van der Waals surface area contributed by atoms with Gasteiger partial charge in [-0.2, -0.15) is 0 Å². The quantitative estimate of drug-likeness (QED) is 0.0905. The molecule has 6 atom stereocenters. The molecule has 16 nitrogen and oxygen atoms in total. The third kappa shape index (κ3) is 6.93. The number of benzene rings is 3. The van der Waals surface area contributed by atoms with E-state index in [-0.39, 0.29) is 62.7 Å². The van der Waals surface area contributed by atoms with Crippen molar-refractivity contribution in [2.75, 3.05) is 20.8 Å². The average molecular weight is 710 g/mol. The number of methoxy groups -OCH3 is 2. The van der Waals surface area contributed by atoms with Crippen molar-refractivity contribution >= 4 is 23.6 Å². The van der Waals surface area contributed by atoms with Gasteiger partial charge in [0.05, 0.1) is 19.8 Å². The Labute approximate surface area is 288 Å². The fourth-order valence-electron chi connectivity index (χ4n) is 5.64. The van der Waals surface area contributed by atoms with Crippen LogP contribution in [-0.4, -0.2) is 104 Å². The lowest BCUT2D eigenvalue weighted by molar-refractivity contribution is -0.294. The molecule has 3 heterocycles. The molecule has 0 aliphatic carbocycles. The van der Waals surface area contributed by atoms with Gasteiger partial charge in [-0.15, -0.1) is 0 Å². The Bertz CT molecular complexity index is 1910. The van der Waals surface area contributed by atoms with Crippen LogP contribution in [0.1, 0.15) is 22.8 Å². The highest BCUT2D eigenvalue weighted by Crippen LogP contribution is 2.53. The molecule has 0 aromatic heterocycles. The number of carbonyl (C=O) groups excluding carboxylic acids is 1. The van der Waals surface area contributed by atoms with Gasteiger partial charge in [0.15, 0.2) is 23.4 Å². The van der Waals surface area contributed by atoms with E-state index in [1.54, 1.807) is 12.1 Å². The Kier molecular flexibility index (Phi) is 9.67. The molecule has 0 radical (unpaired) electrons. The first kappa shape index (κ1) is 34.9. The second-order valence-corrected chi connectivity index (χ2v) is 11.5. The molecule has 0 bridgehead atoms. The molecule has 3 aromatic rings. The molecule has 0 spiro atoms. The molecule has 6 rings (SSSR count). The fourth-order valence-corrected chi connectivity index (χ4v) is 5.64. The van der Waals surface area contributed by atoms with Gasteiger partial charge in [0.1, 0.15) is 54.0 Å². The van der Waals surface area contributed by atoms with Crippen LogP contribution < -0.4 is 18.9 Å². The van der Waals surface area contributed by atoms with E-state index in [0.717, 1.165) is 6.08 Å². The molecule has 3 aromatic carbocycles. The fraction of sp³-hybridized carbons (Fsp3) is 0.257. The molecule has 0 saturated carbocycles. The second kappa shape index (κ2) is 14.1. The van der Waals surface area contributed by atoms with Crippen molar-refractivity contribution in [3.63, 3.8) is 0 Å². The summed E-state index contributed by atoms with van der Waals surface area (Å²) in [5, 5.41) is 73.0. The first-order valence-electron chi connectivity index (χ1n) is 15.3. The Morgan fingerprint density at radius 3 is 2.22 bits per heavy atom. The second-order valence-electron chi connectivity index (χ2n) is 11.5. The number of rotatable bonds is 10. The molecule has 3 aliphatic heterocycles. The first-order valence-corrected chi connectivity index (χ1v) is 15.3. The highest BCUT2D eigenvalue weighted by molar-refractivity contribution is 5.96. The summed E-state index contributed by atoms with van der Waals surface area (Å²) in [6, 6.07) is 11.2. The van der Waals surface area contributed by atoms with Crippen LogP contribution in [0.3, 0.4) is 0 Å². The van der Waals surface area contributed by atoms with Crippen molar-refractivity contribution < 1.29 is 78.5 Å². The number of hydrogen-bond donors (Lipinski definition) is 7.